The fraction of sp³-hybridized carbons (Fsp3) is 0.250. The lowest BCUT2D eigenvalue weighted by Crippen LogP contribution is -2.22. The molecular formula is C16H17BrN2O3. The first-order valence-corrected chi connectivity index (χ1v) is 7.68. The summed E-state index contributed by atoms with van der Waals surface area (Å²) in [7, 11) is 0. The van der Waals surface area contributed by atoms with E-state index in [4.69, 9.17) is 4.74 Å². The number of benzene rings is 1. The van der Waals surface area contributed by atoms with Gasteiger partial charge in [0.1, 0.15) is 5.69 Å². The molecule has 0 radical (unpaired) electrons. The SMILES string of the molecule is CCn1cc(Br)cc1C(=O)OCC(=O)Nc1ccc(C)cc1. The number of esters is 1. The molecule has 0 fully saturated rings. The second-order valence-electron chi connectivity index (χ2n) is 4.82. The third-order valence-corrected chi connectivity index (χ3v) is 3.52. The highest BCUT2D eigenvalue weighted by Crippen LogP contribution is 2.16. The van der Waals surface area contributed by atoms with Crippen LogP contribution in [0.5, 0.6) is 0 Å². The molecule has 116 valence electrons. The molecule has 0 aliphatic heterocycles. The Morgan fingerprint density at radius 2 is 1.95 bits per heavy atom. The largest absolute Gasteiger partial charge is 0.451 e. The van der Waals surface area contributed by atoms with Gasteiger partial charge in [0, 0.05) is 22.9 Å². The Hall–Kier alpha value is -2.08. The molecule has 22 heavy (non-hydrogen) atoms. The number of nitrogens with zero attached hydrogens (tertiary/aromatic N) is 1. The molecule has 0 aliphatic rings. The molecule has 2 aromatic rings. The van der Waals surface area contributed by atoms with Gasteiger partial charge in [0.05, 0.1) is 0 Å². The number of hydrogen-bond donors (Lipinski definition) is 1. The molecule has 6 heteroatoms. The van der Waals surface area contributed by atoms with Crippen molar-refractivity contribution >= 4 is 33.5 Å². The fourth-order valence-electron chi connectivity index (χ4n) is 1.95. The Morgan fingerprint density at radius 1 is 1.27 bits per heavy atom. The van der Waals surface area contributed by atoms with Gasteiger partial charge in [-0.2, -0.15) is 0 Å². The van der Waals surface area contributed by atoms with Crippen LogP contribution in [-0.2, 0) is 16.1 Å². The van der Waals surface area contributed by atoms with Crippen LogP contribution in [0, 0.1) is 6.92 Å². The molecule has 0 spiro atoms. The van der Waals surface area contributed by atoms with E-state index in [-0.39, 0.29) is 12.5 Å². The van der Waals surface area contributed by atoms with Gasteiger partial charge in [-0.05, 0) is 48.0 Å². The van der Waals surface area contributed by atoms with Crippen LogP contribution in [0.4, 0.5) is 5.69 Å². The van der Waals surface area contributed by atoms with E-state index in [0.717, 1.165) is 10.0 Å². The van der Waals surface area contributed by atoms with Gasteiger partial charge >= 0.3 is 5.97 Å². The predicted octanol–water partition coefficient (Wildman–Crippen LogP) is 3.37. The normalized spacial score (nSPS) is 10.3. The molecule has 1 heterocycles. The lowest BCUT2D eigenvalue weighted by atomic mass is 10.2. The van der Waals surface area contributed by atoms with Crippen LogP contribution in [-0.4, -0.2) is 23.1 Å². The smallest absolute Gasteiger partial charge is 0.355 e. The maximum atomic E-state index is 12.0. The van der Waals surface area contributed by atoms with E-state index in [2.05, 4.69) is 21.2 Å². The summed E-state index contributed by atoms with van der Waals surface area (Å²) < 4.78 is 7.60. The summed E-state index contributed by atoms with van der Waals surface area (Å²) >= 11 is 3.31. The number of aryl methyl sites for hydroxylation is 2. The van der Waals surface area contributed by atoms with Gasteiger partial charge in [0.15, 0.2) is 6.61 Å². The third-order valence-electron chi connectivity index (χ3n) is 3.08. The van der Waals surface area contributed by atoms with E-state index < -0.39 is 5.97 Å². The van der Waals surface area contributed by atoms with Crippen LogP contribution in [0.1, 0.15) is 23.0 Å². The molecule has 0 atom stereocenters. The van der Waals surface area contributed by atoms with Crippen molar-refractivity contribution in [1.29, 1.82) is 0 Å². The zero-order valence-corrected chi connectivity index (χ0v) is 14.0. The predicted molar refractivity (Wildman–Crippen MR) is 87.9 cm³/mol. The zero-order valence-electron chi connectivity index (χ0n) is 12.4. The van der Waals surface area contributed by atoms with Gasteiger partial charge in [0.2, 0.25) is 0 Å². The molecule has 5 nitrogen and oxygen atoms in total. The Balaban J connectivity index is 1.90. The van der Waals surface area contributed by atoms with Crippen molar-refractivity contribution in [3.63, 3.8) is 0 Å². The third kappa shape index (κ3) is 4.21. The van der Waals surface area contributed by atoms with Crippen LogP contribution < -0.4 is 5.32 Å². The highest BCUT2D eigenvalue weighted by molar-refractivity contribution is 9.10. The number of aromatic nitrogens is 1. The summed E-state index contributed by atoms with van der Waals surface area (Å²) in [6.07, 6.45) is 1.79. The minimum Gasteiger partial charge on any atom is -0.451 e. The Morgan fingerprint density at radius 3 is 2.59 bits per heavy atom. The fourth-order valence-corrected chi connectivity index (χ4v) is 2.41. The van der Waals surface area contributed by atoms with Gasteiger partial charge in [-0.15, -0.1) is 0 Å². The maximum Gasteiger partial charge on any atom is 0.355 e. The summed E-state index contributed by atoms with van der Waals surface area (Å²) in [6.45, 7) is 4.21. The molecule has 1 aromatic heterocycles. The van der Waals surface area contributed by atoms with Crippen molar-refractivity contribution in [1.82, 2.24) is 4.57 Å². The number of nitrogens with one attached hydrogen (secondary N) is 1. The van der Waals surface area contributed by atoms with Crippen molar-refractivity contribution in [2.24, 2.45) is 0 Å². The first-order valence-electron chi connectivity index (χ1n) is 6.89. The number of halogens is 1. The van der Waals surface area contributed by atoms with E-state index in [1.54, 1.807) is 29.0 Å². The molecule has 0 saturated heterocycles. The van der Waals surface area contributed by atoms with Gasteiger partial charge < -0.3 is 14.6 Å². The molecule has 1 aromatic carbocycles. The van der Waals surface area contributed by atoms with Crippen LogP contribution in [0.2, 0.25) is 0 Å². The molecule has 0 aliphatic carbocycles. The van der Waals surface area contributed by atoms with Crippen LogP contribution in [0.15, 0.2) is 41.0 Å². The highest BCUT2D eigenvalue weighted by Gasteiger charge is 2.15. The number of carbonyl (C=O) groups excluding carboxylic acids is 2. The lowest BCUT2D eigenvalue weighted by molar-refractivity contribution is -0.119. The van der Waals surface area contributed by atoms with E-state index in [9.17, 15) is 9.59 Å². The number of carbonyl (C=O) groups is 2. The lowest BCUT2D eigenvalue weighted by Gasteiger charge is -2.08. The summed E-state index contributed by atoms with van der Waals surface area (Å²) in [5, 5.41) is 2.68. The van der Waals surface area contributed by atoms with Crippen molar-refractivity contribution in [2.75, 3.05) is 11.9 Å². The van der Waals surface area contributed by atoms with E-state index in [1.807, 2.05) is 26.0 Å². The van der Waals surface area contributed by atoms with Gasteiger partial charge in [-0.1, -0.05) is 17.7 Å². The Labute approximate surface area is 137 Å². The van der Waals surface area contributed by atoms with Gasteiger partial charge in [-0.3, -0.25) is 4.79 Å². The topological polar surface area (TPSA) is 60.3 Å². The Bertz CT molecular complexity index is 677. The van der Waals surface area contributed by atoms with E-state index in [1.165, 1.54) is 0 Å². The average Bonchev–Trinajstić information content (AvgIpc) is 2.88. The first kappa shape index (κ1) is 16.3. The zero-order chi connectivity index (χ0) is 16.1. The molecule has 2 rings (SSSR count). The molecule has 1 N–H and O–H groups in total. The average molecular weight is 365 g/mol. The number of amides is 1. The monoisotopic (exact) mass is 364 g/mol. The van der Waals surface area contributed by atoms with Crippen molar-refractivity contribution in [3.05, 3.63) is 52.3 Å². The molecular weight excluding hydrogens is 348 g/mol. The highest BCUT2D eigenvalue weighted by atomic mass is 79.9. The molecule has 0 saturated carbocycles. The maximum absolute atomic E-state index is 12.0. The van der Waals surface area contributed by atoms with Crippen LogP contribution in [0.25, 0.3) is 0 Å². The van der Waals surface area contributed by atoms with Crippen molar-refractivity contribution in [2.45, 2.75) is 20.4 Å². The standard InChI is InChI=1S/C16H17BrN2O3/c1-3-19-9-12(17)8-14(19)16(21)22-10-15(20)18-13-6-4-11(2)5-7-13/h4-9H,3,10H2,1-2H3,(H,18,20). The number of ether oxygens (including phenoxy) is 1. The van der Waals surface area contributed by atoms with Gasteiger partial charge in [0.25, 0.3) is 5.91 Å². The van der Waals surface area contributed by atoms with E-state index in [0.29, 0.717) is 17.9 Å². The van der Waals surface area contributed by atoms with E-state index >= 15 is 0 Å². The molecule has 0 unspecified atom stereocenters. The Kier molecular flexibility index (Phi) is 5.38. The molecule has 1 amide bonds. The number of rotatable bonds is 5. The minimum absolute atomic E-state index is 0.320. The first-order chi connectivity index (χ1) is 10.5. The van der Waals surface area contributed by atoms with Gasteiger partial charge in [-0.25, -0.2) is 4.79 Å². The quantitative estimate of drug-likeness (QED) is 0.827. The van der Waals surface area contributed by atoms with Crippen molar-refractivity contribution < 1.29 is 14.3 Å². The summed E-state index contributed by atoms with van der Waals surface area (Å²) in [4.78, 5) is 23.8. The second kappa shape index (κ2) is 7.26. The summed E-state index contributed by atoms with van der Waals surface area (Å²) in [6, 6.07) is 9.06. The van der Waals surface area contributed by atoms with Crippen molar-refractivity contribution in [3.8, 4) is 0 Å². The summed E-state index contributed by atoms with van der Waals surface area (Å²) in [5.74, 6) is -0.891. The molecule has 0 bridgehead atoms. The summed E-state index contributed by atoms with van der Waals surface area (Å²) in [5.41, 5.74) is 2.19. The van der Waals surface area contributed by atoms with Crippen LogP contribution >= 0.6 is 15.9 Å². The van der Waals surface area contributed by atoms with Crippen LogP contribution in [0.3, 0.4) is 0 Å². The number of hydrogen-bond acceptors (Lipinski definition) is 3. The number of anilines is 1. The minimum atomic E-state index is -0.522. The second-order valence-corrected chi connectivity index (χ2v) is 5.74.